The number of rotatable bonds is 10. The molecule has 0 fully saturated rings. The van der Waals surface area contributed by atoms with E-state index >= 15 is 0 Å². The Morgan fingerprint density at radius 3 is 2.84 bits per heavy atom. The fourth-order valence-electron chi connectivity index (χ4n) is 4.47. The molecule has 2 aromatic rings. The molecule has 2 aliphatic rings. The largest absolute Gasteiger partial charge is 0.493 e. The van der Waals surface area contributed by atoms with Crippen LogP contribution in [0.2, 0.25) is 0 Å². The van der Waals surface area contributed by atoms with E-state index in [-0.39, 0.29) is 24.5 Å². The van der Waals surface area contributed by atoms with E-state index in [4.69, 9.17) is 9.72 Å². The molecule has 4 rings (SSSR count). The molecule has 0 bridgehead atoms. The van der Waals surface area contributed by atoms with Gasteiger partial charge in [-0.1, -0.05) is 18.2 Å². The summed E-state index contributed by atoms with van der Waals surface area (Å²) in [5, 5.41) is 12.7. The van der Waals surface area contributed by atoms with Crippen molar-refractivity contribution in [3.8, 4) is 5.75 Å². The van der Waals surface area contributed by atoms with Gasteiger partial charge in [-0.25, -0.2) is 4.98 Å². The van der Waals surface area contributed by atoms with Crippen LogP contribution in [-0.4, -0.2) is 35.0 Å². The number of carbonyl (C=O) groups excluding carboxylic acids is 1. The van der Waals surface area contributed by atoms with Crippen molar-refractivity contribution >= 4 is 17.6 Å². The van der Waals surface area contributed by atoms with Crippen molar-refractivity contribution in [3.05, 3.63) is 52.7 Å². The molecule has 0 saturated heterocycles. The van der Waals surface area contributed by atoms with Crippen molar-refractivity contribution in [1.29, 1.82) is 0 Å². The number of Topliss-reactive ketones (excluding diaryl/α,β-unsaturated/α-hetero) is 1. The van der Waals surface area contributed by atoms with Crippen LogP contribution in [0.3, 0.4) is 0 Å². The Hall–Kier alpha value is -2.89. The third kappa shape index (κ3) is 5.63. The minimum Gasteiger partial charge on any atom is -0.493 e. The average Bonchev–Trinajstić information content (AvgIpc) is 3.24. The van der Waals surface area contributed by atoms with Gasteiger partial charge in [0.05, 0.1) is 13.0 Å². The monoisotopic (exact) mass is 422 g/mol. The molecule has 0 unspecified atom stereocenters. The van der Waals surface area contributed by atoms with Gasteiger partial charge in [0.2, 0.25) is 0 Å². The highest BCUT2D eigenvalue weighted by Crippen LogP contribution is 2.32. The zero-order valence-corrected chi connectivity index (χ0v) is 17.9. The molecule has 1 aromatic heterocycles. The van der Waals surface area contributed by atoms with Gasteiger partial charge < -0.3 is 15.2 Å². The first-order chi connectivity index (χ1) is 15.1. The highest BCUT2D eigenvalue weighted by Gasteiger charge is 2.22. The van der Waals surface area contributed by atoms with E-state index in [2.05, 4.69) is 17.4 Å². The molecule has 1 aromatic carbocycles. The molecule has 0 aliphatic carbocycles. The summed E-state index contributed by atoms with van der Waals surface area (Å²) in [5.74, 6) is 0.758. The number of nitrogens with one attached hydrogen (secondary N) is 1. The number of nitrogens with zero attached hydrogens (tertiary/aromatic N) is 1. The number of ether oxygens (including phenoxy) is 1. The number of pyridine rings is 1. The molecular formula is C25H30N2O4. The second-order valence-corrected chi connectivity index (χ2v) is 8.55. The van der Waals surface area contributed by atoms with Crippen LogP contribution >= 0.6 is 0 Å². The first-order valence-corrected chi connectivity index (χ1v) is 11.3. The number of anilines is 1. The standard InChI is InChI=1S/C25H30N2O4/c28-22(6-2-1-5-21-10-9-18-4-3-12-26-25(18)27-21)14-20(16-24(29)30)19-8-7-17-11-13-31-23(17)15-19/h7-10,15,20H,1-6,11-14,16H2,(H,26,27)(H,29,30)/t20-/m1/s1. The molecule has 0 amide bonds. The highest BCUT2D eigenvalue weighted by atomic mass is 16.5. The maximum absolute atomic E-state index is 12.6. The van der Waals surface area contributed by atoms with Crippen LogP contribution in [0.4, 0.5) is 5.82 Å². The van der Waals surface area contributed by atoms with E-state index in [1.807, 2.05) is 18.2 Å². The molecule has 6 nitrogen and oxygen atoms in total. The zero-order chi connectivity index (χ0) is 21.6. The summed E-state index contributed by atoms with van der Waals surface area (Å²) < 4.78 is 5.61. The van der Waals surface area contributed by atoms with E-state index in [0.29, 0.717) is 13.0 Å². The van der Waals surface area contributed by atoms with E-state index in [0.717, 1.165) is 73.5 Å². The van der Waals surface area contributed by atoms with Gasteiger partial charge in [0.1, 0.15) is 17.4 Å². The number of carboxylic acid groups (broad SMARTS) is 1. The van der Waals surface area contributed by atoms with E-state index < -0.39 is 5.97 Å². The van der Waals surface area contributed by atoms with Crippen LogP contribution in [0.15, 0.2) is 30.3 Å². The summed E-state index contributed by atoms with van der Waals surface area (Å²) in [6, 6.07) is 10.1. The Labute approximate surface area is 183 Å². The Kier molecular flexibility index (Phi) is 6.85. The number of hydrogen-bond acceptors (Lipinski definition) is 5. The van der Waals surface area contributed by atoms with E-state index in [1.165, 1.54) is 5.56 Å². The zero-order valence-electron chi connectivity index (χ0n) is 17.9. The first kappa shape index (κ1) is 21.3. The van der Waals surface area contributed by atoms with Crippen molar-refractivity contribution in [2.24, 2.45) is 0 Å². The fraction of sp³-hybridized carbons (Fsp3) is 0.480. The maximum Gasteiger partial charge on any atom is 0.303 e. The lowest BCUT2D eigenvalue weighted by atomic mass is 9.88. The Balaban J connectivity index is 1.27. The molecule has 0 radical (unpaired) electrons. The molecule has 2 aliphatic heterocycles. The molecule has 6 heteroatoms. The highest BCUT2D eigenvalue weighted by molar-refractivity contribution is 5.80. The summed E-state index contributed by atoms with van der Waals surface area (Å²) in [5.41, 5.74) is 4.37. The first-order valence-electron chi connectivity index (χ1n) is 11.3. The second-order valence-electron chi connectivity index (χ2n) is 8.55. The van der Waals surface area contributed by atoms with E-state index in [1.54, 1.807) is 0 Å². The van der Waals surface area contributed by atoms with Gasteiger partial charge in [-0.05, 0) is 60.9 Å². The van der Waals surface area contributed by atoms with Crippen molar-refractivity contribution in [2.45, 2.75) is 63.7 Å². The normalized spacial score (nSPS) is 15.4. The van der Waals surface area contributed by atoms with Gasteiger partial charge in [-0.3, -0.25) is 9.59 Å². The summed E-state index contributed by atoms with van der Waals surface area (Å²) in [4.78, 5) is 28.7. The minimum absolute atomic E-state index is 0.0451. The van der Waals surface area contributed by atoms with Crippen LogP contribution < -0.4 is 10.1 Å². The van der Waals surface area contributed by atoms with Crippen LogP contribution in [0.1, 0.15) is 66.8 Å². The summed E-state index contributed by atoms with van der Waals surface area (Å²) in [7, 11) is 0. The molecule has 3 heterocycles. The lowest BCUT2D eigenvalue weighted by molar-refractivity contribution is -0.137. The number of aromatic nitrogens is 1. The lowest BCUT2D eigenvalue weighted by Crippen LogP contribution is -2.14. The lowest BCUT2D eigenvalue weighted by Gasteiger charge is -2.17. The minimum atomic E-state index is -0.883. The smallest absolute Gasteiger partial charge is 0.303 e. The number of fused-ring (bicyclic) bond motifs is 2. The quantitative estimate of drug-likeness (QED) is 0.555. The van der Waals surface area contributed by atoms with Crippen LogP contribution in [-0.2, 0) is 28.9 Å². The average molecular weight is 423 g/mol. The van der Waals surface area contributed by atoms with Crippen molar-refractivity contribution in [2.75, 3.05) is 18.5 Å². The van der Waals surface area contributed by atoms with Crippen molar-refractivity contribution in [1.82, 2.24) is 4.98 Å². The summed E-state index contributed by atoms with van der Waals surface area (Å²) in [6.07, 6.45) is 6.33. The Morgan fingerprint density at radius 2 is 1.97 bits per heavy atom. The van der Waals surface area contributed by atoms with Gasteiger partial charge in [-0.2, -0.15) is 0 Å². The molecule has 0 saturated carbocycles. The molecule has 31 heavy (non-hydrogen) atoms. The number of benzene rings is 1. The predicted octanol–water partition coefficient (Wildman–Crippen LogP) is 4.31. The van der Waals surface area contributed by atoms with Gasteiger partial charge >= 0.3 is 5.97 Å². The summed E-state index contributed by atoms with van der Waals surface area (Å²) >= 11 is 0. The Bertz CT molecular complexity index is 957. The van der Waals surface area contributed by atoms with Crippen LogP contribution in [0.5, 0.6) is 5.75 Å². The van der Waals surface area contributed by atoms with Gasteiger partial charge in [0, 0.05) is 37.4 Å². The molecule has 2 N–H and O–H groups in total. The molecule has 164 valence electrons. The van der Waals surface area contributed by atoms with Gasteiger partial charge in [0.15, 0.2) is 0 Å². The van der Waals surface area contributed by atoms with Crippen molar-refractivity contribution < 1.29 is 19.4 Å². The molecule has 1 atom stereocenters. The third-order valence-corrected chi connectivity index (χ3v) is 6.18. The number of ketones is 1. The van der Waals surface area contributed by atoms with E-state index in [9.17, 15) is 14.7 Å². The summed E-state index contributed by atoms with van der Waals surface area (Å²) in [6.45, 7) is 1.64. The number of unbranched alkanes of at least 4 members (excludes halogenated alkanes) is 1. The second kappa shape index (κ2) is 9.94. The molecular weight excluding hydrogens is 392 g/mol. The van der Waals surface area contributed by atoms with Crippen LogP contribution in [0, 0.1) is 0 Å². The number of carbonyl (C=O) groups is 2. The number of hydrogen-bond donors (Lipinski definition) is 2. The molecule has 0 spiro atoms. The number of carboxylic acids is 1. The van der Waals surface area contributed by atoms with Gasteiger partial charge in [0.25, 0.3) is 0 Å². The fourth-order valence-corrected chi connectivity index (χ4v) is 4.47. The third-order valence-electron chi connectivity index (χ3n) is 6.18. The number of aliphatic carboxylic acids is 1. The SMILES string of the molecule is O=C(O)C[C@@H](CC(=O)CCCCc1ccc2c(n1)NCCC2)c1ccc2c(c1)OCC2. The van der Waals surface area contributed by atoms with Crippen molar-refractivity contribution in [3.63, 3.8) is 0 Å². The van der Waals surface area contributed by atoms with Crippen LogP contribution in [0.25, 0.3) is 0 Å². The Morgan fingerprint density at radius 1 is 1.10 bits per heavy atom. The predicted molar refractivity (Wildman–Crippen MR) is 119 cm³/mol. The number of aryl methyl sites for hydroxylation is 2. The van der Waals surface area contributed by atoms with Gasteiger partial charge in [-0.15, -0.1) is 0 Å². The maximum atomic E-state index is 12.6. The topological polar surface area (TPSA) is 88.5 Å².